The normalized spacial score (nSPS) is 10.5. The lowest BCUT2D eigenvalue weighted by atomic mass is 10.1. The lowest BCUT2D eigenvalue weighted by Crippen LogP contribution is -2.04. The molecule has 0 unspecified atom stereocenters. The van der Waals surface area contributed by atoms with Gasteiger partial charge in [-0.3, -0.25) is 4.68 Å². The van der Waals surface area contributed by atoms with E-state index in [-0.39, 0.29) is 0 Å². The number of aromatic nitrogens is 3. The Hall–Kier alpha value is -2.04. The van der Waals surface area contributed by atoms with Crippen LogP contribution in [0.5, 0.6) is 5.75 Å². The quantitative estimate of drug-likeness (QED) is 0.877. The first-order valence-electron chi connectivity index (χ1n) is 5.50. The first kappa shape index (κ1) is 11.4. The number of aryl methyl sites for hydroxylation is 2. The second-order valence-corrected chi connectivity index (χ2v) is 3.77. The van der Waals surface area contributed by atoms with Gasteiger partial charge in [0.1, 0.15) is 11.5 Å². The summed E-state index contributed by atoms with van der Waals surface area (Å²) in [6.07, 6.45) is 3.40. The third kappa shape index (κ3) is 1.84. The van der Waals surface area contributed by atoms with Gasteiger partial charge in [-0.1, -0.05) is 0 Å². The highest BCUT2D eigenvalue weighted by atomic mass is 16.5. The van der Waals surface area contributed by atoms with Gasteiger partial charge < -0.3 is 10.5 Å². The summed E-state index contributed by atoms with van der Waals surface area (Å²) in [6.45, 7) is 4.78. The summed E-state index contributed by atoms with van der Waals surface area (Å²) < 4.78 is 7.19. The monoisotopic (exact) mass is 232 g/mol. The number of nitrogen functional groups attached to an aromatic ring is 1. The van der Waals surface area contributed by atoms with E-state index < -0.39 is 0 Å². The number of rotatable bonds is 3. The van der Waals surface area contributed by atoms with Gasteiger partial charge in [-0.15, -0.1) is 0 Å². The molecule has 5 heteroatoms. The van der Waals surface area contributed by atoms with Crippen molar-refractivity contribution in [2.24, 2.45) is 0 Å². The molecule has 0 bridgehead atoms. The molecule has 0 aliphatic carbocycles. The summed E-state index contributed by atoms with van der Waals surface area (Å²) in [5.74, 6) is 1.22. The van der Waals surface area contributed by atoms with E-state index >= 15 is 0 Å². The van der Waals surface area contributed by atoms with E-state index in [0.717, 1.165) is 29.1 Å². The maximum atomic E-state index is 5.95. The zero-order valence-electron chi connectivity index (χ0n) is 10.3. The molecule has 5 nitrogen and oxygen atoms in total. The number of ether oxygens (including phenoxy) is 1. The minimum absolute atomic E-state index is 0.499. The predicted octanol–water partition coefficient (Wildman–Crippen LogP) is 1.86. The van der Waals surface area contributed by atoms with Crippen molar-refractivity contribution in [3.05, 3.63) is 24.0 Å². The molecule has 17 heavy (non-hydrogen) atoms. The number of nitrogens with two attached hydrogens (primary N) is 1. The van der Waals surface area contributed by atoms with Gasteiger partial charge in [0.2, 0.25) is 0 Å². The van der Waals surface area contributed by atoms with Gasteiger partial charge in [-0.25, -0.2) is 4.98 Å². The van der Waals surface area contributed by atoms with Crippen LogP contribution in [0.3, 0.4) is 0 Å². The molecule has 0 spiro atoms. The summed E-state index contributed by atoms with van der Waals surface area (Å²) in [5, 5.41) is 4.27. The topological polar surface area (TPSA) is 66.0 Å². The molecule has 2 heterocycles. The van der Waals surface area contributed by atoms with E-state index in [1.807, 2.05) is 24.6 Å². The van der Waals surface area contributed by atoms with Crippen LogP contribution in [0.15, 0.2) is 18.5 Å². The fraction of sp³-hybridized carbons (Fsp3) is 0.333. The van der Waals surface area contributed by atoms with Crippen molar-refractivity contribution in [1.29, 1.82) is 0 Å². The Bertz CT molecular complexity index is 492. The Morgan fingerprint density at radius 3 is 2.82 bits per heavy atom. The van der Waals surface area contributed by atoms with E-state index in [9.17, 15) is 0 Å². The molecule has 2 aromatic rings. The van der Waals surface area contributed by atoms with Crippen LogP contribution in [0, 0.1) is 6.92 Å². The van der Waals surface area contributed by atoms with Crippen LogP contribution in [0.4, 0.5) is 5.82 Å². The van der Waals surface area contributed by atoms with Gasteiger partial charge in [0.15, 0.2) is 5.75 Å². The maximum absolute atomic E-state index is 5.95. The molecule has 2 rings (SSSR count). The van der Waals surface area contributed by atoms with Crippen molar-refractivity contribution in [3.8, 4) is 17.0 Å². The predicted molar refractivity (Wildman–Crippen MR) is 66.8 cm³/mol. The molecule has 0 amide bonds. The summed E-state index contributed by atoms with van der Waals surface area (Å²) in [5.41, 5.74) is 8.79. The van der Waals surface area contributed by atoms with Gasteiger partial charge in [-0.2, -0.15) is 5.10 Å². The average molecular weight is 232 g/mol. The van der Waals surface area contributed by atoms with Crippen molar-refractivity contribution in [2.75, 3.05) is 12.8 Å². The Balaban J connectivity index is 2.71. The van der Waals surface area contributed by atoms with E-state index in [1.165, 1.54) is 0 Å². The molecule has 0 aliphatic rings. The molecular formula is C12H16N4O. The number of methoxy groups -OCH3 is 1. The van der Waals surface area contributed by atoms with E-state index in [0.29, 0.717) is 5.82 Å². The van der Waals surface area contributed by atoms with Crippen LogP contribution in [-0.4, -0.2) is 21.9 Å². The Morgan fingerprint density at radius 2 is 2.24 bits per heavy atom. The highest BCUT2D eigenvalue weighted by Crippen LogP contribution is 2.34. The fourth-order valence-corrected chi connectivity index (χ4v) is 1.90. The van der Waals surface area contributed by atoms with Crippen molar-refractivity contribution in [1.82, 2.24) is 14.8 Å². The molecule has 0 radical (unpaired) electrons. The number of nitrogens with zero attached hydrogens (tertiary/aromatic N) is 3. The van der Waals surface area contributed by atoms with Gasteiger partial charge in [0.25, 0.3) is 0 Å². The highest BCUT2D eigenvalue weighted by molar-refractivity contribution is 5.78. The fourth-order valence-electron chi connectivity index (χ4n) is 1.90. The van der Waals surface area contributed by atoms with Gasteiger partial charge in [0.05, 0.1) is 13.3 Å². The number of hydrogen-bond donors (Lipinski definition) is 1. The second kappa shape index (κ2) is 4.45. The minimum Gasteiger partial charge on any atom is -0.493 e. The maximum Gasteiger partial charge on any atom is 0.164 e. The zero-order chi connectivity index (χ0) is 12.4. The first-order valence-corrected chi connectivity index (χ1v) is 5.50. The number of anilines is 1. The van der Waals surface area contributed by atoms with Crippen molar-refractivity contribution < 1.29 is 4.74 Å². The lowest BCUT2D eigenvalue weighted by Gasteiger charge is -2.11. The molecule has 0 aromatic carbocycles. The molecule has 0 saturated carbocycles. The van der Waals surface area contributed by atoms with Crippen LogP contribution in [-0.2, 0) is 6.54 Å². The highest BCUT2D eigenvalue weighted by Gasteiger charge is 2.17. The van der Waals surface area contributed by atoms with E-state index in [1.54, 1.807) is 19.5 Å². The molecule has 90 valence electrons. The van der Waals surface area contributed by atoms with Crippen LogP contribution in [0.25, 0.3) is 11.3 Å². The first-order chi connectivity index (χ1) is 8.19. The van der Waals surface area contributed by atoms with Crippen molar-refractivity contribution in [3.63, 3.8) is 0 Å². The van der Waals surface area contributed by atoms with Gasteiger partial charge >= 0.3 is 0 Å². The molecule has 0 saturated heterocycles. The number of hydrogen-bond acceptors (Lipinski definition) is 4. The van der Waals surface area contributed by atoms with Crippen LogP contribution >= 0.6 is 0 Å². The molecule has 0 fully saturated rings. The second-order valence-electron chi connectivity index (χ2n) is 3.77. The number of pyridine rings is 1. The molecular weight excluding hydrogens is 216 g/mol. The Labute approximate surface area is 100 Å². The lowest BCUT2D eigenvalue weighted by molar-refractivity contribution is 0.416. The molecule has 2 N–H and O–H groups in total. The third-order valence-electron chi connectivity index (χ3n) is 2.75. The van der Waals surface area contributed by atoms with Crippen LogP contribution < -0.4 is 10.5 Å². The van der Waals surface area contributed by atoms with Crippen molar-refractivity contribution in [2.45, 2.75) is 20.4 Å². The molecule has 0 atom stereocenters. The summed E-state index contributed by atoms with van der Waals surface area (Å²) >= 11 is 0. The Kier molecular flexibility index (Phi) is 2.99. The smallest absolute Gasteiger partial charge is 0.164 e. The summed E-state index contributed by atoms with van der Waals surface area (Å²) in [4.78, 5) is 4.13. The Morgan fingerprint density at radius 1 is 1.47 bits per heavy atom. The minimum atomic E-state index is 0.499. The summed E-state index contributed by atoms with van der Waals surface area (Å²) in [6, 6.07) is 1.93. The summed E-state index contributed by atoms with van der Waals surface area (Å²) in [7, 11) is 1.63. The van der Waals surface area contributed by atoms with Gasteiger partial charge in [0, 0.05) is 18.3 Å². The van der Waals surface area contributed by atoms with Crippen LogP contribution in [0.2, 0.25) is 0 Å². The standard InChI is InChI=1S/C12H16N4O/c1-4-16-11(9(17-3)7-15-16)10-8(2)5-6-14-12(10)13/h5-7H,4H2,1-3H3,(H2,13,14). The average Bonchev–Trinajstić information content (AvgIpc) is 2.72. The molecule has 2 aromatic heterocycles. The molecule has 0 aliphatic heterocycles. The third-order valence-corrected chi connectivity index (χ3v) is 2.75. The van der Waals surface area contributed by atoms with Crippen LogP contribution in [0.1, 0.15) is 12.5 Å². The SMILES string of the molecule is CCn1ncc(OC)c1-c1c(C)ccnc1N. The zero-order valence-corrected chi connectivity index (χ0v) is 10.3. The van der Waals surface area contributed by atoms with E-state index in [4.69, 9.17) is 10.5 Å². The van der Waals surface area contributed by atoms with Gasteiger partial charge in [-0.05, 0) is 25.5 Å². The largest absolute Gasteiger partial charge is 0.493 e. The van der Waals surface area contributed by atoms with Crippen molar-refractivity contribution >= 4 is 5.82 Å². The van der Waals surface area contributed by atoms with E-state index in [2.05, 4.69) is 10.1 Å².